The van der Waals surface area contributed by atoms with E-state index in [0.717, 1.165) is 6.07 Å². The molecule has 0 aliphatic carbocycles. The van der Waals surface area contributed by atoms with Crippen molar-refractivity contribution in [1.29, 1.82) is 0 Å². The second kappa shape index (κ2) is 10.5. The standard InChI is InChI=1S/C24H24O12/c25-10-18-21(30)22(31)23(32)24(36-18)35-17-9-14(26)12(2-5-19(27)28)7-16(17)33-13-4-1-11-3-6-20(29)34-15(11)8-13/h1,3-4,6-9,18,21-26,30-32H,2,5,10H2,(H,27,28)/t18-,21-,22+,23+,24-/m1/s1. The van der Waals surface area contributed by atoms with Crippen LogP contribution in [0.25, 0.3) is 11.0 Å². The van der Waals surface area contributed by atoms with Crippen LogP contribution >= 0.6 is 0 Å². The van der Waals surface area contributed by atoms with E-state index >= 15 is 0 Å². The molecule has 0 saturated carbocycles. The maximum Gasteiger partial charge on any atom is 0.336 e. The van der Waals surface area contributed by atoms with Crippen molar-refractivity contribution >= 4 is 16.9 Å². The van der Waals surface area contributed by atoms with Gasteiger partial charge in [0.25, 0.3) is 0 Å². The van der Waals surface area contributed by atoms with Crippen molar-refractivity contribution in [3.63, 3.8) is 0 Å². The summed E-state index contributed by atoms with van der Waals surface area (Å²) in [6, 6.07) is 9.95. The highest BCUT2D eigenvalue weighted by atomic mass is 16.7. The third-order valence-electron chi connectivity index (χ3n) is 5.67. The number of aromatic hydroxyl groups is 1. The van der Waals surface area contributed by atoms with Gasteiger partial charge in [-0.15, -0.1) is 0 Å². The van der Waals surface area contributed by atoms with Crippen molar-refractivity contribution < 1.29 is 54.1 Å². The van der Waals surface area contributed by atoms with Crippen LogP contribution in [0.15, 0.2) is 51.7 Å². The zero-order valence-electron chi connectivity index (χ0n) is 18.7. The highest BCUT2D eigenvalue weighted by Gasteiger charge is 2.45. The number of aliphatic hydroxyl groups excluding tert-OH is 4. The fourth-order valence-electron chi connectivity index (χ4n) is 3.73. The fourth-order valence-corrected chi connectivity index (χ4v) is 3.73. The van der Waals surface area contributed by atoms with E-state index in [-0.39, 0.29) is 47.0 Å². The first-order valence-electron chi connectivity index (χ1n) is 10.9. The molecule has 0 spiro atoms. The molecule has 2 heterocycles. The predicted octanol–water partition coefficient (Wildman–Crippen LogP) is 0.487. The lowest BCUT2D eigenvalue weighted by molar-refractivity contribution is -0.277. The Labute approximate surface area is 203 Å². The van der Waals surface area contributed by atoms with Gasteiger partial charge in [-0.2, -0.15) is 0 Å². The second-order valence-corrected chi connectivity index (χ2v) is 8.19. The molecule has 2 aromatic carbocycles. The van der Waals surface area contributed by atoms with E-state index in [1.165, 1.54) is 18.2 Å². The number of carboxylic acid groups (broad SMARTS) is 1. The molecular weight excluding hydrogens is 480 g/mol. The van der Waals surface area contributed by atoms with Gasteiger partial charge >= 0.3 is 11.6 Å². The van der Waals surface area contributed by atoms with Crippen molar-refractivity contribution in [3.05, 3.63) is 58.4 Å². The van der Waals surface area contributed by atoms with Crippen LogP contribution in [0.5, 0.6) is 23.0 Å². The molecule has 1 fully saturated rings. The number of aryl methyl sites for hydroxylation is 1. The zero-order valence-corrected chi connectivity index (χ0v) is 18.7. The molecule has 1 aliphatic rings. The Bertz CT molecular complexity index is 1300. The number of aliphatic carboxylic acids is 1. The lowest BCUT2D eigenvalue weighted by Gasteiger charge is -2.39. The van der Waals surface area contributed by atoms with Gasteiger partial charge in [-0.1, -0.05) is 0 Å². The molecular formula is C24H24O12. The number of carboxylic acids is 1. The molecule has 12 nitrogen and oxygen atoms in total. The summed E-state index contributed by atoms with van der Waals surface area (Å²) in [5, 5.41) is 59.9. The van der Waals surface area contributed by atoms with Gasteiger partial charge in [0.05, 0.1) is 6.61 Å². The largest absolute Gasteiger partial charge is 0.508 e. The molecule has 5 atom stereocenters. The number of fused-ring (bicyclic) bond motifs is 1. The zero-order chi connectivity index (χ0) is 26.0. The first-order chi connectivity index (χ1) is 17.2. The molecule has 3 aromatic rings. The topological polar surface area (TPSA) is 196 Å². The van der Waals surface area contributed by atoms with Crippen LogP contribution in [-0.2, 0) is 16.0 Å². The molecule has 1 aromatic heterocycles. The van der Waals surface area contributed by atoms with E-state index in [9.17, 15) is 35.1 Å². The van der Waals surface area contributed by atoms with Crippen molar-refractivity contribution in [3.8, 4) is 23.0 Å². The average Bonchev–Trinajstić information content (AvgIpc) is 2.84. The van der Waals surface area contributed by atoms with Crippen LogP contribution in [0, 0.1) is 0 Å². The van der Waals surface area contributed by atoms with Gasteiger partial charge in [-0.25, -0.2) is 4.79 Å². The fraction of sp³-hybridized carbons (Fsp3) is 0.333. The number of hydrogen-bond acceptors (Lipinski definition) is 11. The van der Waals surface area contributed by atoms with Gasteiger partial charge in [0, 0.05) is 30.0 Å². The van der Waals surface area contributed by atoms with Gasteiger partial charge in [-0.05, 0) is 36.2 Å². The number of hydrogen-bond donors (Lipinski definition) is 6. The van der Waals surface area contributed by atoms with Crippen LogP contribution in [0.1, 0.15) is 12.0 Å². The van der Waals surface area contributed by atoms with Crippen molar-refractivity contribution in [2.24, 2.45) is 0 Å². The van der Waals surface area contributed by atoms with Gasteiger partial charge in [0.15, 0.2) is 11.5 Å². The molecule has 36 heavy (non-hydrogen) atoms. The maximum absolute atomic E-state index is 11.6. The third kappa shape index (κ3) is 5.42. The van der Waals surface area contributed by atoms with E-state index in [2.05, 4.69) is 0 Å². The molecule has 4 rings (SSSR count). The quantitative estimate of drug-likeness (QED) is 0.233. The second-order valence-electron chi connectivity index (χ2n) is 8.19. The SMILES string of the molecule is O=C(O)CCc1cc(Oc2ccc3ccc(=O)oc3c2)c(O[C@@H]2O[C@H](CO)[C@@H](O)[C@H](O)[C@@H]2O)cc1O. The van der Waals surface area contributed by atoms with E-state index in [1.54, 1.807) is 18.2 Å². The molecule has 0 amide bonds. The molecule has 6 N–H and O–H groups in total. The van der Waals surface area contributed by atoms with E-state index in [1.807, 2.05) is 0 Å². The number of benzene rings is 2. The van der Waals surface area contributed by atoms with E-state index < -0.39 is 48.9 Å². The van der Waals surface area contributed by atoms with E-state index in [4.69, 9.17) is 23.7 Å². The summed E-state index contributed by atoms with van der Waals surface area (Å²) in [7, 11) is 0. The number of rotatable bonds is 8. The number of carbonyl (C=O) groups is 1. The summed E-state index contributed by atoms with van der Waals surface area (Å²) in [6.07, 6.45) is -8.13. The summed E-state index contributed by atoms with van der Waals surface area (Å²) in [6.45, 7) is -0.671. The Balaban J connectivity index is 1.69. The van der Waals surface area contributed by atoms with Gasteiger partial charge in [0.1, 0.15) is 41.5 Å². The molecule has 1 aliphatic heterocycles. The molecule has 1 saturated heterocycles. The Hall–Kier alpha value is -3.68. The number of ether oxygens (including phenoxy) is 3. The minimum absolute atomic E-state index is 0.0252. The van der Waals surface area contributed by atoms with Crippen molar-refractivity contribution in [1.82, 2.24) is 0 Å². The summed E-state index contributed by atoms with van der Waals surface area (Å²) < 4.78 is 22.1. The summed E-state index contributed by atoms with van der Waals surface area (Å²) >= 11 is 0. The Morgan fingerprint density at radius 3 is 2.44 bits per heavy atom. The number of aliphatic hydroxyl groups is 4. The Morgan fingerprint density at radius 1 is 0.972 bits per heavy atom. The molecule has 0 radical (unpaired) electrons. The van der Waals surface area contributed by atoms with Gasteiger partial charge in [0.2, 0.25) is 6.29 Å². The minimum atomic E-state index is -1.72. The molecule has 0 bridgehead atoms. The number of phenols is 1. The molecule has 12 heteroatoms. The highest BCUT2D eigenvalue weighted by molar-refractivity contribution is 5.78. The smallest absolute Gasteiger partial charge is 0.336 e. The summed E-state index contributed by atoms with van der Waals surface area (Å²) in [4.78, 5) is 22.6. The van der Waals surface area contributed by atoms with Crippen LogP contribution in [0.2, 0.25) is 0 Å². The lowest BCUT2D eigenvalue weighted by Crippen LogP contribution is -2.60. The first kappa shape index (κ1) is 25.4. The predicted molar refractivity (Wildman–Crippen MR) is 121 cm³/mol. The van der Waals surface area contributed by atoms with Crippen LogP contribution in [0.3, 0.4) is 0 Å². The minimum Gasteiger partial charge on any atom is -0.508 e. The Morgan fingerprint density at radius 2 is 1.72 bits per heavy atom. The van der Waals surface area contributed by atoms with Crippen molar-refractivity contribution in [2.75, 3.05) is 6.61 Å². The monoisotopic (exact) mass is 504 g/mol. The average molecular weight is 504 g/mol. The Kier molecular flexibility index (Phi) is 7.43. The van der Waals surface area contributed by atoms with Crippen molar-refractivity contribution in [2.45, 2.75) is 43.5 Å². The molecule has 192 valence electrons. The first-order valence-corrected chi connectivity index (χ1v) is 10.9. The van der Waals surface area contributed by atoms with Crippen LogP contribution < -0.4 is 15.1 Å². The maximum atomic E-state index is 11.6. The normalized spacial score (nSPS) is 23.9. The summed E-state index contributed by atoms with van der Waals surface area (Å²) in [5.74, 6) is -1.39. The van der Waals surface area contributed by atoms with Crippen LogP contribution in [-0.4, -0.2) is 73.9 Å². The van der Waals surface area contributed by atoms with Crippen LogP contribution in [0.4, 0.5) is 0 Å². The highest BCUT2D eigenvalue weighted by Crippen LogP contribution is 2.40. The lowest BCUT2D eigenvalue weighted by atomic mass is 9.99. The summed E-state index contributed by atoms with van der Waals surface area (Å²) in [5.41, 5.74) is -0.103. The molecule has 0 unspecified atom stereocenters. The van der Waals surface area contributed by atoms with Gasteiger partial charge < -0.3 is 49.3 Å². The third-order valence-corrected chi connectivity index (χ3v) is 5.67. The van der Waals surface area contributed by atoms with E-state index in [0.29, 0.717) is 5.39 Å². The number of phenolic OH excluding ortho intramolecular Hbond substituents is 1. The van der Waals surface area contributed by atoms with Gasteiger partial charge in [-0.3, -0.25) is 4.79 Å².